The monoisotopic (exact) mass is 426 g/mol. The minimum absolute atomic E-state index is 0.0801. The lowest BCUT2D eigenvalue weighted by atomic mass is 9.96. The van der Waals surface area contributed by atoms with Crippen molar-refractivity contribution in [1.29, 1.82) is 0 Å². The van der Waals surface area contributed by atoms with Gasteiger partial charge in [-0.15, -0.1) is 0 Å². The highest BCUT2D eigenvalue weighted by Gasteiger charge is 2.28. The van der Waals surface area contributed by atoms with E-state index in [1.165, 1.54) is 4.90 Å². The summed E-state index contributed by atoms with van der Waals surface area (Å²) in [6.45, 7) is 1.04. The molecule has 3 rings (SSSR count). The van der Waals surface area contributed by atoms with Crippen molar-refractivity contribution < 1.29 is 14.4 Å². The molecule has 2 aromatic rings. The van der Waals surface area contributed by atoms with Gasteiger partial charge in [-0.3, -0.25) is 9.59 Å². The number of amides is 4. The SMILES string of the molecule is CN(C)C(=O)Sc1ccccc1NC(=O)C1CCN(C(=O)Nc2ccccc2)CC1. The van der Waals surface area contributed by atoms with Gasteiger partial charge in [0.2, 0.25) is 5.91 Å². The number of carbonyl (C=O) groups is 3. The van der Waals surface area contributed by atoms with Crippen LogP contribution in [0, 0.1) is 5.92 Å². The van der Waals surface area contributed by atoms with E-state index in [0.29, 0.717) is 36.5 Å². The number of nitrogens with one attached hydrogen (secondary N) is 2. The fraction of sp³-hybridized carbons (Fsp3) is 0.318. The van der Waals surface area contributed by atoms with E-state index in [1.807, 2.05) is 48.5 Å². The molecule has 0 aromatic heterocycles. The van der Waals surface area contributed by atoms with Crippen molar-refractivity contribution in [3.05, 3.63) is 54.6 Å². The molecule has 0 atom stereocenters. The second-order valence-corrected chi connectivity index (χ2v) is 8.30. The fourth-order valence-corrected chi connectivity index (χ4v) is 3.89. The summed E-state index contributed by atoms with van der Waals surface area (Å²) >= 11 is 1.08. The molecule has 158 valence electrons. The smallest absolute Gasteiger partial charge is 0.321 e. The van der Waals surface area contributed by atoms with Crippen LogP contribution in [0.4, 0.5) is 21.0 Å². The number of anilines is 2. The minimum atomic E-state index is -0.173. The third kappa shape index (κ3) is 5.76. The van der Waals surface area contributed by atoms with Gasteiger partial charge in [0.25, 0.3) is 5.24 Å². The molecule has 1 aliphatic rings. The molecule has 30 heavy (non-hydrogen) atoms. The van der Waals surface area contributed by atoms with Crippen LogP contribution in [-0.2, 0) is 4.79 Å². The van der Waals surface area contributed by atoms with Crippen LogP contribution in [0.3, 0.4) is 0 Å². The standard InChI is InChI=1S/C22H26N4O3S/c1-25(2)22(29)30-19-11-7-6-10-18(19)24-20(27)16-12-14-26(15-13-16)21(28)23-17-8-4-3-5-9-17/h3-11,16H,12-15H2,1-2H3,(H,23,28)(H,24,27). The largest absolute Gasteiger partial charge is 0.339 e. The number of hydrogen-bond acceptors (Lipinski definition) is 4. The van der Waals surface area contributed by atoms with Gasteiger partial charge in [0.05, 0.1) is 5.69 Å². The van der Waals surface area contributed by atoms with Crippen molar-refractivity contribution in [1.82, 2.24) is 9.80 Å². The van der Waals surface area contributed by atoms with Crippen LogP contribution in [-0.4, -0.2) is 54.2 Å². The van der Waals surface area contributed by atoms with E-state index < -0.39 is 0 Å². The predicted octanol–water partition coefficient (Wildman–Crippen LogP) is 4.34. The summed E-state index contributed by atoms with van der Waals surface area (Å²) in [5, 5.41) is 5.73. The summed E-state index contributed by atoms with van der Waals surface area (Å²) in [6.07, 6.45) is 1.19. The number of rotatable bonds is 4. The Balaban J connectivity index is 1.53. The number of benzene rings is 2. The summed E-state index contributed by atoms with van der Waals surface area (Å²) in [5.74, 6) is -0.253. The first-order chi connectivity index (χ1) is 14.4. The third-order valence-electron chi connectivity index (χ3n) is 4.89. The van der Waals surface area contributed by atoms with Crippen LogP contribution in [0.1, 0.15) is 12.8 Å². The lowest BCUT2D eigenvalue weighted by molar-refractivity contribution is -0.121. The topological polar surface area (TPSA) is 81.8 Å². The van der Waals surface area contributed by atoms with E-state index >= 15 is 0 Å². The van der Waals surface area contributed by atoms with Crippen LogP contribution < -0.4 is 10.6 Å². The number of para-hydroxylation sites is 2. The number of hydrogen-bond donors (Lipinski definition) is 2. The van der Waals surface area contributed by atoms with Gasteiger partial charge in [0.1, 0.15) is 0 Å². The van der Waals surface area contributed by atoms with Gasteiger partial charge in [0, 0.05) is 43.7 Å². The van der Waals surface area contributed by atoms with Gasteiger partial charge in [-0.05, 0) is 48.9 Å². The van der Waals surface area contributed by atoms with Gasteiger partial charge < -0.3 is 20.4 Å². The van der Waals surface area contributed by atoms with E-state index in [2.05, 4.69) is 10.6 Å². The highest BCUT2D eigenvalue weighted by molar-refractivity contribution is 8.13. The zero-order valence-electron chi connectivity index (χ0n) is 17.1. The second-order valence-electron chi connectivity index (χ2n) is 7.31. The molecule has 1 saturated heterocycles. The average Bonchev–Trinajstić information content (AvgIpc) is 2.75. The van der Waals surface area contributed by atoms with Crippen molar-refractivity contribution in [2.75, 3.05) is 37.8 Å². The van der Waals surface area contributed by atoms with E-state index in [0.717, 1.165) is 17.4 Å². The minimum Gasteiger partial charge on any atom is -0.339 e. The number of piperidine rings is 1. The number of likely N-dealkylation sites (tertiary alicyclic amines) is 1. The fourth-order valence-electron chi connectivity index (χ4n) is 3.15. The Morgan fingerprint density at radius 2 is 1.57 bits per heavy atom. The lowest BCUT2D eigenvalue weighted by Crippen LogP contribution is -2.43. The van der Waals surface area contributed by atoms with Gasteiger partial charge in [-0.2, -0.15) is 0 Å². The number of nitrogens with zero attached hydrogens (tertiary/aromatic N) is 2. The number of thioether (sulfide) groups is 1. The van der Waals surface area contributed by atoms with Crippen molar-refractivity contribution >= 4 is 40.3 Å². The molecule has 0 unspecified atom stereocenters. The molecule has 8 heteroatoms. The molecule has 1 aliphatic heterocycles. The maximum atomic E-state index is 12.8. The maximum absolute atomic E-state index is 12.8. The van der Waals surface area contributed by atoms with Crippen molar-refractivity contribution in [3.63, 3.8) is 0 Å². The average molecular weight is 427 g/mol. The molecule has 1 fully saturated rings. The van der Waals surface area contributed by atoms with Gasteiger partial charge >= 0.3 is 6.03 Å². The predicted molar refractivity (Wildman–Crippen MR) is 120 cm³/mol. The normalized spacial score (nSPS) is 14.1. The van der Waals surface area contributed by atoms with Crippen LogP contribution in [0.5, 0.6) is 0 Å². The summed E-state index contributed by atoms with van der Waals surface area (Å²) in [6, 6.07) is 16.5. The zero-order valence-corrected chi connectivity index (χ0v) is 17.9. The molecule has 0 bridgehead atoms. The van der Waals surface area contributed by atoms with Crippen molar-refractivity contribution in [3.8, 4) is 0 Å². The van der Waals surface area contributed by atoms with Crippen LogP contribution in [0.25, 0.3) is 0 Å². The summed E-state index contributed by atoms with van der Waals surface area (Å²) < 4.78 is 0. The quantitative estimate of drug-likeness (QED) is 0.713. The second kappa shape index (κ2) is 10.2. The molecular weight excluding hydrogens is 400 g/mol. The Kier molecular flexibility index (Phi) is 7.35. The molecule has 0 aliphatic carbocycles. The Labute approximate surface area is 180 Å². The molecule has 0 spiro atoms. The summed E-state index contributed by atoms with van der Waals surface area (Å²) in [5.41, 5.74) is 1.38. The molecule has 0 radical (unpaired) electrons. The molecule has 4 amide bonds. The van der Waals surface area contributed by atoms with E-state index in [-0.39, 0.29) is 23.1 Å². The zero-order chi connectivity index (χ0) is 21.5. The van der Waals surface area contributed by atoms with Gasteiger partial charge in [-0.25, -0.2) is 4.79 Å². The van der Waals surface area contributed by atoms with Crippen LogP contribution in [0.2, 0.25) is 0 Å². The van der Waals surface area contributed by atoms with E-state index in [1.54, 1.807) is 25.1 Å². The first-order valence-corrected chi connectivity index (χ1v) is 10.7. The first-order valence-electron chi connectivity index (χ1n) is 9.84. The lowest BCUT2D eigenvalue weighted by Gasteiger charge is -2.31. The Bertz CT molecular complexity index is 896. The molecule has 2 N–H and O–H groups in total. The van der Waals surface area contributed by atoms with Crippen LogP contribution >= 0.6 is 11.8 Å². The third-order valence-corrected chi connectivity index (χ3v) is 6.00. The molecule has 1 heterocycles. The molecular formula is C22H26N4O3S. The van der Waals surface area contributed by atoms with Gasteiger partial charge in [-0.1, -0.05) is 30.3 Å². The highest BCUT2D eigenvalue weighted by Crippen LogP contribution is 2.30. The molecule has 2 aromatic carbocycles. The Morgan fingerprint density at radius 1 is 0.933 bits per heavy atom. The van der Waals surface area contributed by atoms with Crippen molar-refractivity contribution in [2.24, 2.45) is 5.92 Å². The van der Waals surface area contributed by atoms with E-state index in [4.69, 9.17) is 0 Å². The number of urea groups is 1. The van der Waals surface area contributed by atoms with Gasteiger partial charge in [0.15, 0.2) is 0 Å². The summed E-state index contributed by atoms with van der Waals surface area (Å²) in [7, 11) is 3.39. The Hall–Kier alpha value is -3.00. The Morgan fingerprint density at radius 3 is 2.23 bits per heavy atom. The molecule has 7 nitrogen and oxygen atoms in total. The van der Waals surface area contributed by atoms with Crippen molar-refractivity contribution in [2.45, 2.75) is 17.7 Å². The first kappa shape index (κ1) is 21.7. The van der Waals surface area contributed by atoms with Crippen LogP contribution in [0.15, 0.2) is 59.5 Å². The number of carbonyl (C=O) groups excluding carboxylic acids is 3. The summed E-state index contributed by atoms with van der Waals surface area (Å²) in [4.78, 5) is 41.1. The highest BCUT2D eigenvalue weighted by atomic mass is 32.2. The maximum Gasteiger partial charge on any atom is 0.321 e. The van der Waals surface area contributed by atoms with E-state index in [9.17, 15) is 14.4 Å². The molecule has 0 saturated carbocycles.